The van der Waals surface area contributed by atoms with Crippen LogP contribution in [0, 0.1) is 5.92 Å². The minimum absolute atomic E-state index is 0.822. The van der Waals surface area contributed by atoms with Crippen LogP contribution in [0.25, 0.3) is 16.3 Å². The Hall–Kier alpha value is -1.76. The lowest BCUT2D eigenvalue weighted by Gasteiger charge is -2.18. The summed E-state index contributed by atoms with van der Waals surface area (Å²) in [4.78, 5) is 0. The summed E-state index contributed by atoms with van der Waals surface area (Å²) >= 11 is 0. The average Bonchev–Trinajstić information content (AvgIpc) is 2.59. The van der Waals surface area contributed by atoms with E-state index in [0.29, 0.717) is 0 Å². The van der Waals surface area contributed by atoms with Gasteiger partial charge in [-0.2, -0.15) is 0 Å². The van der Waals surface area contributed by atoms with E-state index in [-0.39, 0.29) is 0 Å². The Labute approximate surface area is 140 Å². The maximum Gasteiger partial charge on any atom is 0.119 e. The van der Waals surface area contributed by atoms with E-state index in [1.165, 1.54) is 54.0 Å². The lowest BCUT2D eigenvalue weighted by Crippen LogP contribution is -2.01. The molecule has 0 heterocycles. The highest BCUT2D eigenvalue weighted by Gasteiger charge is 2.11. The Kier molecular flexibility index (Phi) is 5.38. The highest BCUT2D eigenvalue weighted by atomic mass is 16.5. The third-order valence-corrected chi connectivity index (χ3v) is 4.87. The third-order valence-electron chi connectivity index (χ3n) is 4.87. The molecule has 0 spiro atoms. The van der Waals surface area contributed by atoms with Crippen molar-refractivity contribution < 1.29 is 4.74 Å². The summed E-state index contributed by atoms with van der Waals surface area (Å²) in [6, 6.07) is 13.3. The van der Waals surface area contributed by atoms with E-state index in [4.69, 9.17) is 4.74 Å². The third kappa shape index (κ3) is 4.16. The topological polar surface area (TPSA) is 9.23 Å². The highest BCUT2D eigenvalue weighted by molar-refractivity contribution is 5.87. The van der Waals surface area contributed by atoms with Crippen molar-refractivity contribution in [2.75, 3.05) is 6.61 Å². The lowest BCUT2D eigenvalue weighted by atomic mass is 9.87. The molecule has 1 unspecified atom stereocenters. The molecular weight excluding hydrogens is 280 g/mol. The first-order chi connectivity index (χ1) is 11.3. The molecule has 0 bridgehead atoms. The van der Waals surface area contributed by atoms with Gasteiger partial charge in [0.15, 0.2) is 0 Å². The number of hydrogen-bond acceptors (Lipinski definition) is 1. The molecule has 0 saturated heterocycles. The molecular formula is C22H28O. The monoisotopic (exact) mass is 308 g/mol. The second-order valence-corrected chi connectivity index (χ2v) is 6.89. The fourth-order valence-electron chi connectivity index (χ4n) is 3.28. The molecule has 0 fully saturated rings. The van der Waals surface area contributed by atoms with Crippen molar-refractivity contribution in [3.8, 4) is 5.75 Å². The number of unbranched alkanes of at least 4 members (excludes halogenated alkanes) is 2. The van der Waals surface area contributed by atoms with Gasteiger partial charge in [-0.1, -0.05) is 51.0 Å². The predicted molar refractivity (Wildman–Crippen MR) is 100.0 cm³/mol. The smallest absolute Gasteiger partial charge is 0.119 e. The Morgan fingerprint density at radius 2 is 1.87 bits per heavy atom. The van der Waals surface area contributed by atoms with E-state index in [2.05, 4.69) is 56.3 Å². The number of benzene rings is 2. The molecule has 0 radical (unpaired) electrons. The molecule has 23 heavy (non-hydrogen) atoms. The molecule has 1 atom stereocenters. The first kappa shape index (κ1) is 16.1. The van der Waals surface area contributed by atoms with Gasteiger partial charge < -0.3 is 4.74 Å². The molecule has 0 saturated carbocycles. The van der Waals surface area contributed by atoms with Crippen molar-refractivity contribution in [1.82, 2.24) is 0 Å². The molecule has 0 N–H and O–H groups in total. The number of allylic oxidation sites excluding steroid dienone is 2. The van der Waals surface area contributed by atoms with Crippen molar-refractivity contribution in [2.24, 2.45) is 5.92 Å². The van der Waals surface area contributed by atoms with E-state index < -0.39 is 0 Å². The first-order valence-corrected chi connectivity index (χ1v) is 9.12. The second kappa shape index (κ2) is 7.68. The molecule has 122 valence electrons. The zero-order valence-electron chi connectivity index (χ0n) is 14.5. The van der Waals surface area contributed by atoms with Crippen LogP contribution >= 0.6 is 0 Å². The fraction of sp³-hybridized carbons (Fsp3) is 0.455. The van der Waals surface area contributed by atoms with Crippen LogP contribution in [0.15, 0.2) is 42.5 Å². The molecule has 1 aliphatic carbocycles. The number of rotatable bonds is 6. The summed E-state index contributed by atoms with van der Waals surface area (Å²) in [5.74, 6) is 1.83. The van der Waals surface area contributed by atoms with E-state index in [0.717, 1.165) is 24.7 Å². The van der Waals surface area contributed by atoms with Gasteiger partial charge in [-0.05, 0) is 71.7 Å². The minimum Gasteiger partial charge on any atom is -0.494 e. The minimum atomic E-state index is 0.822. The SMILES string of the molecule is CCCCCOc1ccc2cc(C3=CCC(C)CC3)ccc2c1. The maximum absolute atomic E-state index is 5.86. The van der Waals surface area contributed by atoms with Gasteiger partial charge in [0.25, 0.3) is 0 Å². The van der Waals surface area contributed by atoms with Crippen molar-refractivity contribution in [3.63, 3.8) is 0 Å². The Bertz CT molecular complexity index is 683. The Morgan fingerprint density at radius 3 is 2.65 bits per heavy atom. The standard InChI is InChI=1S/C22H28O/c1-3-4-5-14-23-22-13-12-20-15-19(10-11-21(20)16-22)18-8-6-17(2)7-9-18/h8,10-13,15-17H,3-7,9,14H2,1-2H3. The van der Waals surface area contributed by atoms with Gasteiger partial charge in [-0.3, -0.25) is 0 Å². The molecule has 3 rings (SSSR count). The van der Waals surface area contributed by atoms with Gasteiger partial charge in [0.1, 0.15) is 5.75 Å². The van der Waals surface area contributed by atoms with Crippen molar-refractivity contribution in [3.05, 3.63) is 48.0 Å². The largest absolute Gasteiger partial charge is 0.494 e. The van der Waals surface area contributed by atoms with Crippen LogP contribution in [0.1, 0.15) is 57.9 Å². The maximum atomic E-state index is 5.86. The van der Waals surface area contributed by atoms with Gasteiger partial charge in [-0.25, -0.2) is 0 Å². The van der Waals surface area contributed by atoms with E-state index in [1.54, 1.807) is 0 Å². The van der Waals surface area contributed by atoms with Crippen LogP contribution in [-0.2, 0) is 0 Å². The number of ether oxygens (including phenoxy) is 1. The second-order valence-electron chi connectivity index (χ2n) is 6.89. The molecule has 0 aromatic heterocycles. The summed E-state index contributed by atoms with van der Waals surface area (Å²) in [6.07, 6.45) is 9.79. The van der Waals surface area contributed by atoms with Crippen LogP contribution in [0.4, 0.5) is 0 Å². The molecule has 2 aromatic rings. The zero-order valence-corrected chi connectivity index (χ0v) is 14.5. The normalized spacial score (nSPS) is 18.0. The van der Waals surface area contributed by atoms with Gasteiger partial charge in [0.2, 0.25) is 0 Å². The lowest BCUT2D eigenvalue weighted by molar-refractivity contribution is 0.306. The van der Waals surface area contributed by atoms with Gasteiger partial charge in [-0.15, -0.1) is 0 Å². The van der Waals surface area contributed by atoms with Crippen LogP contribution in [0.2, 0.25) is 0 Å². The summed E-state index contributed by atoms with van der Waals surface area (Å²) in [5, 5.41) is 2.58. The van der Waals surface area contributed by atoms with Crippen LogP contribution in [0.3, 0.4) is 0 Å². The van der Waals surface area contributed by atoms with Gasteiger partial charge in [0, 0.05) is 0 Å². The average molecular weight is 308 g/mol. The first-order valence-electron chi connectivity index (χ1n) is 9.12. The molecule has 1 aliphatic rings. The molecule has 0 amide bonds. The van der Waals surface area contributed by atoms with Gasteiger partial charge >= 0.3 is 0 Å². The molecule has 1 heteroatoms. The van der Waals surface area contributed by atoms with Crippen LogP contribution in [-0.4, -0.2) is 6.61 Å². The van der Waals surface area contributed by atoms with Crippen molar-refractivity contribution >= 4 is 16.3 Å². The number of fused-ring (bicyclic) bond motifs is 1. The van der Waals surface area contributed by atoms with Crippen molar-refractivity contribution in [2.45, 2.75) is 52.4 Å². The van der Waals surface area contributed by atoms with Crippen molar-refractivity contribution in [1.29, 1.82) is 0 Å². The molecule has 0 aliphatic heterocycles. The summed E-state index contributed by atoms with van der Waals surface area (Å²) in [5.41, 5.74) is 2.91. The van der Waals surface area contributed by atoms with Crippen LogP contribution in [0.5, 0.6) is 5.75 Å². The van der Waals surface area contributed by atoms with Crippen LogP contribution < -0.4 is 4.74 Å². The quantitative estimate of drug-likeness (QED) is 0.545. The summed E-state index contributed by atoms with van der Waals surface area (Å²) in [6.45, 7) is 5.38. The van der Waals surface area contributed by atoms with E-state index >= 15 is 0 Å². The molecule has 2 aromatic carbocycles. The van der Waals surface area contributed by atoms with E-state index in [1.807, 2.05) is 0 Å². The summed E-state index contributed by atoms with van der Waals surface area (Å²) in [7, 11) is 0. The van der Waals surface area contributed by atoms with E-state index in [9.17, 15) is 0 Å². The van der Waals surface area contributed by atoms with Gasteiger partial charge in [0.05, 0.1) is 6.61 Å². The highest BCUT2D eigenvalue weighted by Crippen LogP contribution is 2.32. The summed E-state index contributed by atoms with van der Waals surface area (Å²) < 4.78 is 5.86. The number of hydrogen-bond donors (Lipinski definition) is 0. The predicted octanol–water partition coefficient (Wildman–Crippen LogP) is 6.61. The Morgan fingerprint density at radius 1 is 1.04 bits per heavy atom. The molecule has 1 nitrogen and oxygen atoms in total. The zero-order chi connectivity index (χ0) is 16.1. The fourth-order valence-corrected chi connectivity index (χ4v) is 3.28. The Balaban J connectivity index is 1.74.